The first-order chi connectivity index (χ1) is 30.2. The van der Waals surface area contributed by atoms with E-state index in [-0.39, 0.29) is 47.7 Å². The SMILES string of the molecule is COC(=O)N[C@H](C(=O)N1C[C@H](C)C[C@H]1c1ncc(C#Cc2ccc3cc(-c4cnc([C@@H]5CC6C[C@H]6N5C(=O)[C@@H](NC(=O)OC)C5CCOCC5)[nH]4)ccc3c2)[nH]1)C1CCOCC1. The van der Waals surface area contributed by atoms with Crippen molar-refractivity contribution in [3.05, 3.63) is 71.7 Å². The van der Waals surface area contributed by atoms with Gasteiger partial charge in [-0.15, -0.1) is 0 Å². The minimum absolute atomic E-state index is 0.0279. The molecule has 2 aromatic carbocycles. The fourth-order valence-electron chi connectivity index (χ4n) is 9.99. The maximum atomic E-state index is 14.2. The quantitative estimate of drug-likeness (QED) is 0.162. The van der Waals surface area contributed by atoms with Crippen LogP contribution in [0.15, 0.2) is 48.8 Å². The maximum absolute atomic E-state index is 14.2. The molecule has 4 aromatic rings. The van der Waals surface area contributed by atoms with Gasteiger partial charge in [0, 0.05) is 50.1 Å². The van der Waals surface area contributed by atoms with E-state index in [2.05, 4.69) is 74.7 Å². The Hall–Kier alpha value is -5.92. The van der Waals surface area contributed by atoms with Crippen molar-refractivity contribution < 1.29 is 38.1 Å². The third-order valence-corrected chi connectivity index (χ3v) is 13.4. The van der Waals surface area contributed by atoms with Crippen molar-refractivity contribution in [2.75, 3.05) is 47.2 Å². The molecule has 326 valence electrons. The molecule has 62 heavy (non-hydrogen) atoms. The van der Waals surface area contributed by atoms with E-state index in [1.54, 1.807) is 6.20 Å². The number of rotatable bonds is 9. The molecule has 16 heteroatoms. The van der Waals surface area contributed by atoms with Crippen molar-refractivity contribution in [2.24, 2.45) is 23.7 Å². The number of likely N-dealkylation sites (tertiary alicyclic amines) is 2. The van der Waals surface area contributed by atoms with E-state index in [0.29, 0.717) is 76.1 Å². The predicted molar refractivity (Wildman–Crippen MR) is 226 cm³/mol. The lowest BCUT2D eigenvalue weighted by molar-refractivity contribution is -0.138. The van der Waals surface area contributed by atoms with Crippen molar-refractivity contribution in [1.29, 1.82) is 0 Å². The molecule has 2 aromatic heterocycles. The molecule has 5 aliphatic rings. The largest absolute Gasteiger partial charge is 0.453 e. The van der Waals surface area contributed by atoms with Gasteiger partial charge in [0.15, 0.2) is 0 Å². The maximum Gasteiger partial charge on any atom is 0.407 e. The monoisotopic (exact) mass is 846 g/mol. The van der Waals surface area contributed by atoms with Gasteiger partial charge in [-0.05, 0) is 104 Å². The Morgan fingerprint density at radius 3 is 2.08 bits per heavy atom. The van der Waals surface area contributed by atoms with Crippen LogP contribution in [0.4, 0.5) is 9.59 Å². The number of nitrogens with one attached hydrogen (secondary N) is 4. The summed E-state index contributed by atoms with van der Waals surface area (Å²) >= 11 is 0. The summed E-state index contributed by atoms with van der Waals surface area (Å²) in [7, 11) is 2.62. The zero-order valence-corrected chi connectivity index (χ0v) is 35.4. The third kappa shape index (κ3) is 8.60. The van der Waals surface area contributed by atoms with Gasteiger partial charge in [-0.2, -0.15) is 0 Å². The Bertz CT molecular complexity index is 2370. The van der Waals surface area contributed by atoms with Gasteiger partial charge < -0.3 is 49.3 Å². The first kappa shape index (κ1) is 41.4. The van der Waals surface area contributed by atoms with Gasteiger partial charge >= 0.3 is 12.2 Å². The fraction of sp³-hybridized carbons (Fsp3) is 0.522. The summed E-state index contributed by atoms with van der Waals surface area (Å²) in [6.07, 6.45) is 7.59. The standard InChI is InChI=1S/C46H54N8O8/c1-26-18-37(53(25-26)43(55)39(51-45(57)59-2)28-10-14-61-15-11-28)41-47-23-34(49-41)9-5-27-4-6-31-20-32(8-7-30(31)19-27)35-24-48-42(50-35)38-22-33-21-36(33)54(38)44(56)40(52-46(58)60-3)29-12-16-62-17-13-29/h4,6-8,19-20,23-24,26,28-29,33,36-40H,10-18,21-22,25H2,1-3H3,(H,47,49)(H,48,50)(H,51,57)(H,52,58)/t26-,33?,36-,37+,38+,39+,40+/m1/s1. The summed E-state index contributed by atoms with van der Waals surface area (Å²) in [4.78, 5) is 73.1. The molecule has 6 heterocycles. The minimum Gasteiger partial charge on any atom is -0.453 e. The van der Waals surface area contributed by atoms with Crippen molar-refractivity contribution in [2.45, 2.75) is 82.1 Å². The molecule has 1 unspecified atom stereocenters. The van der Waals surface area contributed by atoms with Gasteiger partial charge in [0.05, 0.1) is 44.4 Å². The highest BCUT2D eigenvalue weighted by molar-refractivity contribution is 5.89. The summed E-state index contributed by atoms with van der Waals surface area (Å²) in [5, 5.41) is 7.73. The zero-order chi connectivity index (χ0) is 42.9. The van der Waals surface area contributed by atoms with Crippen LogP contribution in [0, 0.1) is 35.5 Å². The lowest BCUT2D eigenvalue weighted by atomic mass is 9.90. The molecule has 0 bridgehead atoms. The molecule has 1 saturated carbocycles. The number of methoxy groups -OCH3 is 2. The second-order valence-corrected chi connectivity index (χ2v) is 17.4. The van der Waals surface area contributed by atoms with Crippen LogP contribution in [0.5, 0.6) is 0 Å². The molecule has 4 saturated heterocycles. The number of H-pyrrole nitrogens is 2. The number of ether oxygens (including phenoxy) is 4. The van der Waals surface area contributed by atoms with Crippen LogP contribution < -0.4 is 10.6 Å². The summed E-state index contributed by atoms with van der Waals surface area (Å²) in [6.45, 7) is 4.89. The van der Waals surface area contributed by atoms with E-state index < -0.39 is 24.3 Å². The van der Waals surface area contributed by atoms with Gasteiger partial charge in [0.2, 0.25) is 11.8 Å². The van der Waals surface area contributed by atoms with Crippen LogP contribution in [0.3, 0.4) is 0 Å². The summed E-state index contributed by atoms with van der Waals surface area (Å²) in [5.41, 5.74) is 3.32. The molecule has 4 N–H and O–H groups in total. The highest BCUT2D eigenvalue weighted by atomic mass is 16.5. The van der Waals surface area contributed by atoms with Crippen LogP contribution in [0.1, 0.15) is 86.9 Å². The van der Waals surface area contributed by atoms with Crippen molar-refractivity contribution in [3.63, 3.8) is 0 Å². The van der Waals surface area contributed by atoms with Gasteiger partial charge in [-0.25, -0.2) is 19.6 Å². The average Bonchev–Trinajstić information content (AvgIpc) is 3.78. The number of amides is 4. The minimum atomic E-state index is -0.709. The summed E-state index contributed by atoms with van der Waals surface area (Å²) in [5.74, 6) is 8.29. The van der Waals surface area contributed by atoms with Gasteiger partial charge in [-0.1, -0.05) is 31.0 Å². The number of hydrogen-bond donors (Lipinski definition) is 4. The Labute approximate surface area is 360 Å². The molecular formula is C46H54N8O8. The Morgan fingerprint density at radius 2 is 1.39 bits per heavy atom. The number of fused-ring (bicyclic) bond motifs is 2. The van der Waals surface area contributed by atoms with E-state index in [9.17, 15) is 19.2 Å². The fourth-order valence-corrected chi connectivity index (χ4v) is 9.99. The molecule has 5 fully saturated rings. The molecule has 4 aliphatic heterocycles. The number of alkyl carbamates (subject to hydrolysis) is 2. The molecule has 0 spiro atoms. The second-order valence-electron chi connectivity index (χ2n) is 17.4. The number of hydrogen-bond acceptors (Lipinski definition) is 10. The number of aromatic nitrogens is 4. The normalized spacial score (nSPS) is 24.7. The second kappa shape index (κ2) is 17.8. The average molecular weight is 847 g/mol. The predicted octanol–water partition coefficient (Wildman–Crippen LogP) is 5.23. The van der Waals surface area contributed by atoms with Crippen LogP contribution in [-0.2, 0) is 28.5 Å². The first-order valence-corrected chi connectivity index (χ1v) is 21.8. The molecule has 1 aliphatic carbocycles. The van der Waals surface area contributed by atoms with Gasteiger partial charge in [0.25, 0.3) is 0 Å². The van der Waals surface area contributed by atoms with E-state index in [4.69, 9.17) is 23.9 Å². The topological polar surface area (TPSA) is 193 Å². The van der Waals surface area contributed by atoms with E-state index >= 15 is 0 Å². The highest BCUT2D eigenvalue weighted by Gasteiger charge is 2.56. The zero-order valence-electron chi connectivity index (χ0n) is 35.4. The molecule has 9 rings (SSSR count). The van der Waals surface area contributed by atoms with E-state index in [0.717, 1.165) is 52.7 Å². The number of piperidine rings is 1. The molecule has 4 amide bonds. The van der Waals surface area contributed by atoms with Crippen LogP contribution in [0.2, 0.25) is 0 Å². The van der Waals surface area contributed by atoms with Crippen molar-refractivity contribution in [1.82, 2.24) is 40.4 Å². The van der Waals surface area contributed by atoms with E-state index in [1.807, 2.05) is 22.1 Å². The molecule has 0 radical (unpaired) electrons. The molecule has 7 atom stereocenters. The number of carbonyl (C=O) groups excluding carboxylic acids is 4. The van der Waals surface area contributed by atoms with Gasteiger partial charge in [0.1, 0.15) is 29.4 Å². The molecule has 16 nitrogen and oxygen atoms in total. The lowest BCUT2D eigenvalue weighted by Crippen LogP contribution is -2.54. The van der Waals surface area contributed by atoms with Crippen LogP contribution in [0.25, 0.3) is 22.0 Å². The highest BCUT2D eigenvalue weighted by Crippen LogP contribution is 2.53. The molecular weight excluding hydrogens is 793 g/mol. The van der Waals surface area contributed by atoms with Crippen LogP contribution >= 0.6 is 0 Å². The lowest BCUT2D eigenvalue weighted by Gasteiger charge is -2.35. The summed E-state index contributed by atoms with van der Waals surface area (Å²) in [6, 6.07) is 10.6. The smallest absolute Gasteiger partial charge is 0.407 e. The summed E-state index contributed by atoms with van der Waals surface area (Å²) < 4.78 is 20.9. The van der Waals surface area contributed by atoms with Crippen LogP contribution in [-0.4, -0.2) is 119 Å². The third-order valence-electron chi connectivity index (χ3n) is 13.4. The first-order valence-electron chi connectivity index (χ1n) is 21.8. The number of imidazole rings is 2. The van der Waals surface area contributed by atoms with Crippen molar-refractivity contribution >= 4 is 34.8 Å². The van der Waals surface area contributed by atoms with Crippen molar-refractivity contribution in [3.8, 4) is 23.1 Å². The number of benzene rings is 2. The number of carbonyl (C=O) groups is 4. The Balaban J connectivity index is 0.877. The Kier molecular flexibility index (Phi) is 11.9. The number of nitrogens with zero attached hydrogens (tertiary/aromatic N) is 4. The van der Waals surface area contributed by atoms with Gasteiger partial charge in [-0.3, -0.25) is 9.59 Å². The Morgan fingerprint density at radius 1 is 0.758 bits per heavy atom. The van der Waals surface area contributed by atoms with E-state index in [1.165, 1.54) is 14.2 Å². The number of aromatic amines is 2.